The van der Waals surface area contributed by atoms with Crippen LogP contribution in [-0.4, -0.2) is 0 Å². The molecule has 0 radical (unpaired) electrons. The van der Waals surface area contributed by atoms with Crippen molar-refractivity contribution >= 4 is 39.0 Å². The molecule has 8 rings (SSSR count). The van der Waals surface area contributed by atoms with Crippen molar-refractivity contribution in [1.29, 1.82) is 0 Å². The van der Waals surface area contributed by atoms with Crippen LogP contribution in [0.1, 0.15) is 25.0 Å². The van der Waals surface area contributed by atoms with E-state index < -0.39 is 0 Å². The summed E-state index contributed by atoms with van der Waals surface area (Å²) in [5.41, 5.74) is 12.8. The van der Waals surface area contributed by atoms with Gasteiger partial charge < -0.3 is 9.32 Å². The van der Waals surface area contributed by atoms with Gasteiger partial charge in [-0.2, -0.15) is 0 Å². The normalized spacial score (nSPS) is 13.3. The summed E-state index contributed by atoms with van der Waals surface area (Å²) in [5.74, 6) is 0. The molecule has 0 atom stereocenters. The van der Waals surface area contributed by atoms with E-state index in [4.69, 9.17) is 4.42 Å². The summed E-state index contributed by atoms with van der Waals surface area (Å²) in [6, 6.07) is 49.7. The van der Waals surface area contributed by atoms with Crippen LogP contribution < -0.4 is 4.90 Å². The minimum Gasteiger partial charge on any atom is -0.456 e. The molecule has 0 amide bonds. The standard InChI is InChI=1S/C39H29NO/c1-39(2)36-30(20-12-21-32(36)33-23-24-34-31-19-9-10-22-35(31)41-38(34)37(33)39)26-13-11-18-29(25-26)40(27-14-5-3-6-15-27)28-16-7-4-8-17-28/h3-25H,1-2H3. The average molecular weight is 528 g/mol. The lowest BCUT2D eigenvalue weighted by Crippen LogP contribution is -2.16. The van der Waals surface area contributed by atoms with Gasteiger partial charge in [-0.3, -0.25) is 0 Å². The van der Waals surface area contributed by atoms with Crippen molar-refractivity contribution in [3.63, 3.8) is 0 Å². The predicted octanol–water partition coefficient (Wildman–Crippen LogP) is 11.0. The number of fused-ring (bicyclic) bond motifs is 7. The molecule has 0 saturated carbocycles. The highest BCUT2D eigenvalue weighted by molar-refractivity contribution is 6.09. The smallest absolute Gasteiger partial charge is 0.140 e. The third-order valence-corrected chi connectivity index (χ3v) is 8.60. The third-order valence-electron chi connectivity index (χ3n) is 8.60. The largest absolute Gasteiger partial charge is 0.456 e. The Morgan fingerprint density at radius 2 is 1.10 bits per heavy atom. The second-order valence-electron chi connectivity index (χ2n) is 11.4. The number of benzene rings is 6. The predicted molar refractivity (Wildman–Crippen MR) is 171 cm³/mol. The molecule has 196 valence electrons. The fourth-order valence-electron chi connectivity index (χ4n) is 6.86. The molecule has 0 aliphatic heterocycles. The van der Waals surface area contributed by atoms with E-state index in [2.05, 4.69) is 152 Å². The first-order chi connectivity index (χ1) is 20.1. The zero-order valence-corrected chi connectivity index (χ0v) is 23.1. The molecule has 0 saturated heterocycles. The first-order valence-electron chi connectivity index (χ1n) is 14.2. The molecule has 1 aliphatic carbocycles. The van der Waals surface area contributed by atoms with E-state index in [0.717, 1.165) is 28.2 Å². The molecule has 0 N–H and O–H groups in total. The van der Waals surface area contributed by atoms with E-state index in [1.54, 1.807) is 0 Å². The van der Waals surface area contributed by atoms with Gasteiger partial charge in [0.1, 0.15) is 11.2 Å². The summed E-state index contributed by atoms with van der Waals surface area (Å²) < 4.78 is 6.55. The summed E-state index contributed by atoms with van der Waals surface area (Å²) in [5, 5.41) is 2.36. The van der Waals surface area contributed by atoms with Crippen molar-refractivity contribution in [3.8, 4) is 22.3 Å². The molecule has 1 aliphatic rings. The average Bonchev–Trinajstić information content (AvgIpc) is 3.51. The summed E-state index contributed by atoms with van der Waals surface area (Å²) in [6.07, 6.45) is 0. The van der Waals surface area contributed by atoms with Crippen LogP contribution in [0.2, 0.25) is 0 Å². The van der Waals surface area contributed by atoms with Gasteiger partial charge >= 0.3 is 0 Å². The van der Waals surface area contributed by atoms with Gasteiger partial charge in [0.15, 0.2) is 0 Å². The molecule has 2 nitrogen and oxygen atoms in total. The Bertz CT molecular complexity index is 2030. The summed E-state index contributed by atoms with van der Waals surface area (Å²) in [6.45, 7) is 4.69. The van der Waals surface area contributed by atoms with Gasteiger partial charge in [-0.25, -0.2) is 0 Å². The Labute approximate surface area is 240 Å². The fourth-order valence-corrected chi connectivity index (χ4v) is 6.86. The maximum absolute atomic E-state index is 6.55. The second kappa shape index (κ2) is 8.97. The molecular formula is C39H29NO. The lowest BCUT2D eigenvalue weighted by molar-refractivity contribution is 0.621. The van der Waals surface area contributed by atoms with Gasteiger partial charge in [-0.1, -0.05) is 105 Å². The van der Waals surface area contributed by atoms with Crippen LogP contribution in [0.3, 0.4) is 0 Å². The number of hydrogen-bond acceptors (Lipinski definition) is 2. The van der Waals surface area contributed by atoms with Crippen molar-refractivity contribution < 1.29 is 4.42 Å². The van der Waals surface area contributed by atoms with Crippen LogP contribution in [0.15, 0.2) is 144 Å². The zero-order valence-electron chi connectivity index (χ0n) is 23.1. The van der Waals surface area contributed by atoms with E-state index in [9.17, 15) is 0 Å². The van der Waals surface area contributed by atoms with Gasteiger partial charge in [-0.15, -0.1) is 0 Å². The maximum Gasteiger partial charge on any atom is 0.140 e. The highest BCUT2D eigenvalue weighted by Gasteiger charge is 2.40. The lowest BCUT2D eigenvalue weighted by atomic mass is 9.78. The number of para-hydroxylation sites is 3. The second-order valence-corrected chi connectivity index (χ2v) is 11.4. The van der Waals surface area contributed by atoms with Crippen molar-refractivity contribution in [2.75, 3.05) is 4.90 Å². The minimum atomic E-state index is -0.233. The van der Waals surface area contributed by atoms with Crippen LogP contribution in [0.4, 0.5) is 17.1 Å². The van der Waals surface area contributed by atoms with E-state index >= 15 is 0 Å². The van der Waals surface area contributed by atoms with Crippen LogP contribution >= 0.6 is 0 Å². The molecule has 2 heteroatoms. The van der Waals surface area contributed by atoms with E-state index in [0.29, 0.717) is 0 Å². The molecule has 41 heavy (non-hydrogen) atoms. The van der Waals surface area contributed by atoms with Crippen molar-refractivity contribution in [1.82, 2.24) is 0 Å². The Hall–Kier alpha value is -5.08. The minimum absolute atomic E-state index is 0.233. The molecular weight excluding hydrogens is 498 g/mol. The number of nitrogens with zero attached hydrogens (tertiary/aromatic N) is 1. The number of anilines is 3. The quantitative estimate of drug-likeness (QED) is 0.226. The Morgan fingerprint density at radius 3 is 1.85 bits per heavy atom. The summed E-state index contributed by atoms with van der Waals surface area (Å²) in [4.78, 5) is 2.32. The SMILES string of the molecule is CC1(C)c2c(-c3cccc(N(c4ccccc4)c4ccccc4)c3)cccc2-c2ccc3c(oc4ccccc43)c21. The molecule has 6 aromatic carbocycles. The Kier molecular flexibility index (Phi) is 5.20. The Morgan fingerprint density at radius 1 is 0.488 bits per heavy atom. The van der Waals surface area contributed by atoms with Gasteiger partial charge in [0, 0.05) is 38.8 Å². The zero-order chi connectivity index (χ0) is 27.6. The van der Waals surface area contributed by atoms with Crippen molar-refractivity contribution in [2.24, 2.45) is 0 Å². The first-order valence-corrected chi connectivity index (χ1v) is 14.2. The van der Waals surface area contributed by atoms with Crippen LogP contribution in [0, 0.1) is 0 Å². The molecule has 1 heterocycles. The topological polar surface area (TPSA) is 16.4 Å². The van der Waals surface area contributed by atoms with Crippen LogP contribution in [0.5, 0.6) is 0 Å². The van der Waals surface area contributed by atoms with Crippen molar-refractivity contribution in [3.05, 3.63) is 151 Å². The highest BCUT2D eigenvalue weighted by Crippen LogP contribution is 2.55. The number of furan rings is 1. The molecule has 0 unspecified atom stereocenters. The summed E-state index contributed by atoms with van der Waals surface area (Å²) in [7, 11) is 0. The fraction of sp³-hybridized carbons (Fsp3) is 0.0769. The third kappa shape index (κ3) is 3.57. The van der Waals surface area contributed by atoms with E-state index in [-0.39, 0.29) is 5.41 Å². The summed E-state index contributed by atoms with van der Waals surface area (Å²) >= 11 is 0. The van der Waals surface area contributed by atoms with E-state index in [1.807, 2.05) is 6.07 Å². The van der Waals surface area contributed by atoms with Gasteiger partial charge in [0.2, 0.25) is 0 Å². The molecule has 0 fully saturated rings. The van der Waals surface area contributed by atoms with Gasteiger partial charge in [0.25, 0.3) is 0 Å². The van der Waals surface area contributed by atoms with Crippen LogP contribution in [-0.2, 0) is 5.41 Å². The molecule has 0 spiro atoms. The van der Waals surface area contributed by atoms with Gasteiger partial charge in [0.05, 0.1) is 0 Å². The maximum atomic E-state index is 6.55. The van der Waals surface area contributed by atoms with Gasteiger partial charge in [-0.05, 0) is 76.3 Å². The highest BCUT2D eigenvalue weighted by atomic mass is 16.3. The molecule has 7 aromatic rings. The monoisotopic (exact) mass is 527 g/mol. The number of rotatable bonds is 4. The molecule has 0 bridgehead atoms. The lowest BCUT2D eigenvalue weighted by Gasteiger charge is -2.27. The number of hydrogen-bond donors (Lipinski definition) is 0. The van der Waals surface area contributed by atoms with Crippen LogP contribution in [0.25, 0.3) is 44.2 Å². The molecule has 1 aromatic heterocycles. The first kappa shape index (κ1) is 23.8. The van der Waals surface area contributed by atoms with Crippen molar-refractivity contribution in [2.45, 2.75) is 19.3 Å². The Balaban J connectivity index is 1.31. The van der Waals surface area contributed by atoms with E-state index in [1.165, 1.54) is 44.2 Å².